The van der Waals surface area contributed by atoms with Gasteiger partial charge in [0.25, 0.3) is 11.5 Å². The van der Waals surface area contributed by atoms with Crippen molar-refractivity contribution in [2.75, 3.05) is 0 Å². The molecule has 0 fully saturated rings. The van der Waals surface area contributed by atoms with Crippen molar-refractivity contribution in [3.63, 3.8) is 0 Å². The Bertz CT molecular complexity index is 1010. The van der Waals surface area contributed by atoms with Crippen molar-refractivity contribution in [3.8, 4) is 0 Å². The molecule has 0 bridgehead atoms. The maximum Gasteiger partial charge on any atom is 0.360 e. The standard InChI is InChI=1S/C18H17N3O4S/c1-11(16(22)19-10-12-6-5-9-26-12)25-18(24)15-13-7-3-4-8-14(13)17(23)21(2)20-15/h3-9,11H,10H2,1-2H3,(H,19,22)/t11-/m1/s1. The number of amides is 1. The highest BCUT2D eigenvalue weighted by atomic mass is 32.1. The molecule has 0 saturated heterocycles. The Morgan fingerprint density at radius 3 is 2.65 bits per heavy atom. The second-order valence-corrected chi connectivity index (χ2v) is 6.70. The fourth-order valence-corrected chi connectivity index (χ4v) is 3.10. The summed E-state index contributed by atoms with van der Waals surface area (Å²) < 4.78 is 6.33. The molecule has 0 saturated carbocycles. The smallest absolute Gasteiger partial charge is 0.360 e. The topological polar surface area (TPSA) is 90.3 Å². The highest BCUT2D eigenvalue weighted by Crippen LogP contribution is 2.15. The number of aromatic nitrogens is 2. The Morgan fingerprint density at radius 1 is 1.23 bits per heavy atom. The summed E-state index contributed by atoms with van der Waals surface area (Å²) >= 11 is 1.53. The van der Waals surface area contributed by atoms with E-state index in [4.69, 9.17) is 4.74 Å². The summed E-state index contributed by atoms with van der Waals surface area (Å²) in [4.78, 5) is 37.7. The molecular weight excluding hydrogens is 354 g/mol. The van der Waals surface area contributed by atoms with E-state index in [1.807, 2.05) is 17.5 Å². The fraction of sp³-hybridized carbons (Fsp3) is 0.222. The molecular formula is C18H17N3O4S. The van der Waals surface area contributed by atoms with Gasteiger partial charge in [-0.25, -0.2) is 9.48 Å². The van der Waals surface area contributed by atoms with Crippen LogP contribution in [-0.4, -0.2) is 27.8 Å². The Balaban J connectivity index is 1.75. The fourth-order valence-electron chi connectivity index (χ4n) is 2.45. The summed E-state index contributed by atoms with van der Waals surface area (Å²) in [5.74, 6) is -1.16. The first-order valence-electron chi connectivity index (χ1n) is 7.94. The molecule has 3 aromatic rings. The molecule has 0 aliphatic heterocycles. The van der Waals surface area contributed by atoms with E-state index in [0.29, 0.717) is 17.3 Å². The summed E-state index contributed by atoms with van der Waals surface area (Å²) in [6, 6.07) is 10.5. The molecule has 0 unspecified atom stereocenters. The lowest BCUT2D eigenvalue weighted by molar-refractivity contribution is -0.129. The molecule has 3 rings (SSSR count). The number of rotatable bonds is 5. The number of fused-ring (bicyclic) bond motifs is 1. The zero-order valence-electron chi connectivity index (χ0n) is 14.3. The van der Waals surface area contributed by atoms with Crippen molar-refractivity contribution in [2.24, 2.45) is 7.05 Å². The van der Waals surface area contributed by atoms with Gasteiger partial charge >= 0.3 is 5.97 Å². The van der Waals surface area contributed by atoms with Gasteiger partial charge in [0.1, 0.15) is 0 Å². The van der Waals surface area contributed by atoms with E-state index in [9.17, 15) is 14.4 Å². The predicted molar refractivity (Wildman–Crippen MR) is 98.0 cm³/mol. The van der Waals surface area contributed by atoms with Crippen molar-refractivity contribution < 1.29 is 14.3 Å². The lowest BCUT2D eigenvalue weighted by atomic mass is 10.1. The lowest BCUT2D eigenvalue weighted by Gasteiger charge is -2.14. The second-order valence-electron chi connectivity index (χ2n) is 5.67. The van der Waals surface area contributed by atoms with Crippen molar-refractivity contribution in [2.45, 2.75) is 19.6 Å². The zero-order chi connectivity index (χ0) is 18.7. The van der Waals surface area contributed by atoms with Crippen LogP contribution in [-0.2, 0) is 23.1 Å². The molecule has 2 aromatic heterocycles. The van der Waals surface area contributed by atoms with Crippen LogP contribution in [0.4, 0.5) is 0 Å². The van der Waals surface area contributed by atoms with Gasteiger partial charge in [-0.15, -0.1) is 11.3 Å². The number of carbonyl (C=O) groups is 2. The summed E-state index contributed by atoms with van der Waals surface area (Å²) in [7, 11) is 1.46. The zero-order valence-corrected chi connectivity index (χ0v) is 15.1. The van der Waals surface area contributed by atoms with Gasteiger partial charge in [-0.1, -0.05) is 24.3 Å². The van der Waals surface area contributed by atoms with Crippen LogP contribution in [0.1, 0.15) is 22.3 Å². The molecule has 0 aliphatic rings. The van der Waals surface area contributed by atoms with Crippen molar-refractivity contribution in [1.82, 2.24) is 15.1 Å². The number of thiophene rings is 1. The van der Waals surface area contributed by atoms with E-state index in [1.54, 1.807) is 24.3 Å². The Hall–Kier alpha value is -3.00. The highest BCUT2D eigenvalue weighted by molar-refractivity contribution is 7.09. The van der Waals surface area contributed by atoms with Crippen LogP contribution in [0.15, 0.2) is 46.6 Å². The molecule has 2 heterocycles. The quantitative estimate of drug-likeness (QED) is 0.692. The third-order valence-electron chi connectivity index (χ3n) is 3.82. The Labute approximate surface area is 153 Å². The maximum atomic E-state index is 12.5. The summed E-state index contributed by atoms with van der Waals surface area (Å²) in [6.07, 6.45) is -0.986. The highest BCUT2D eigenvalue weighted by Gasteiger charge is 2.22. The van der Waals surface area contributed by atoms with Gasteiger partial charge < -0.3 is 10.1 Å². The summed E-state index contributed by atoms with van der Waals surface area (Å²) in [5, 5.41) is 9.40. The van der Waals surface area contributed by atoms with E-state index >= 15 is 0 Å². The van der Waals surface area contributed by atoms with Crippen LogP contribution >= 0.6 is 11.3 Å². The second kappa shape index (κ2) is 7.49. The van der Waals surface area contributed by atoms with Crippen LogP contribution in [0.2, 0.25) is 0 Å². The van der Waals surface area contributed by atoms with Crippen LogP contribution in [0, 0.1) is 0 Å². The number of nitrogens with one attached hydrogen (secondary N) is 1. The third-order valence-corrected chi connectivity index (χ3v) is 4.70. The molecule has 1 N–H and O–H groups in total. The average Bonchev–Trinajstić information content (AvgIpc) is 3.16. The number of benzene rings is 1. The molecule has 0 radical (unpaired) electrons. The molecule has 0 aliphatic carbocycles. The molecule has 1 amide bonds. The van der Waals surface area contributed by atoms with Crippen LogP contribution in [0.25, 0.3) is 10.8 Å². The van der Waals surface area contributed by atoms with Gasteiger partial charge in [-0.2, -0.15) is 5.10 Å². The normalized spacial score (nSPS) is 11.9. The molecule has 0 spiro atoms. The average molecular weight is 371 g/mol. The minimum atomic E-state index is -0.986. The van der Waals surface area contributed by atoms with E-state index < -0.39 is 18.0 Å². The summed E-state index contributed by atoms with van der Waals surface area (Å²) in [5.41, 5.74) is -0.306. The van der Waals surface area contributed by atoms with Crippen molar-refractivity contribution in [1.29, 1.82) is 0 Å². The number of hydrogen-bond donors (Lipinski definition) is 1. The molecule has 1 atom stereocenters. The van der Waals surface area contributed by atoms with E-state index in [2.05, 4.69) is 10.4 Å². The minimum Gasteiger partial charge on any atom is -0.448 e. The number of esters is 1. The van der Waals surface area contributed by atoms with E-state index in [0.717, 1.165) is 9.56 Å². The first-order chi connectivity index (χ1) is 12.5. The number of nitrogens with zero attached hydrogens (tertiary/aromatic N) is 2. The lowest BCUT2D eigenvalue weighted by Crippen LogP contribution is -2.36. The Morgan fingerprint density at radius 2 is 1.96 bits per heavy atom. The van der Waals surface area contributed by atoms with E-state index in [-0.39, 0.29) is 11.3 Å². The van der Waals surface area contributed by atoms with Crippen LogP contribution in [0.3, 0.4) is 0 Å². The van der Waals surface area contributed by atoms with Crippen molar-refractivity contribution in [3.05, 3.63) is 62.7 Å². The van der Waals surface area contributed by atoms with E-state index in [1.165, 1.54) is 25.3 Å². The SMILES string of the molecule is C[C@@H](OC(=O)c1nn(C)c(=O)c2ccccc12)C(=O)NCc1cccs1. The van der Waals surface area contributed by atoms with Crippen molar-refractivity contribution >= 4 is 34.0 Å². The van der Waals surface area contributed by atoms with Gasteiger partial charge in [-0.05, 0) is 24.4 Å². The van der Waals surface area contributed by atoms with Gasteiger partial charge in [0.2, 0.25) is 0 Å². The van der Waals surface area contributed by atoms with Gasteiger partial charge in [0.05, 0.1) is 11.9 Å². The number of aryl methyl sites for hydroxylation is 1. The minimum absolute atomic E-state index is 0.000562. The summed E-state index contributed by atoms with van der Waals surface area (Å²) in [6.45, 7) is 1.87. The molecule has 1 aromatic carbocycles. The van der Waals surface area contributed by atoms with Gasteiger partial charge in [0, 0.05) is 17.3 Å². The first-order valence-corrected chi connectivity index (χ1v) is 8.82. The third kappa shape index (κ3) is 3.65. The number of ether oxygens (including phenoxy) is 1. The monoisotopic (exact) mass is 371 g/mol. The van der Waals surface area contributed by atoms with Gasteiger partial charge in [0.15, 0.2) is 11.8 Å². The van der Waals surface area contributed by atoms with Crippen LogP contribution in [0.5, 0.6) is 0 Å². The largest absolute Gasteiger partial charge is 0.448 e. The molecule has 8 heteroatoms. The predicted octanol–water partition coefficient (Wildman–Crippen LogP) is 1.86. The molecule has 134 valence electrons. The van der Waals surface area contributed by atoms with Crippen LogP contribution < -0.4 is 10.9 Å². The number of hydrogen-bond acceptors (Lipinski definition) is 6. The molecule has 26 heavy (non-hydrogen) atoms. The maximum absolute atomic E-state index is 12.5. The Kier molecular flexibility index (Phi) is 5.13. The molecule has 7 nitrogen and oxygen atoms in total. The first kappa shape index (κ1) is 17.8. The number of carbonyl (C=O) groups excluding carboxylic acids is 2. The van der Waals surface area contributed by atoms with Gasteiger partial charge in [-0.3, -0.25) is 9.59 Å².